The maximum atomic E-state index is 8.69. The Morgan fingerprint density at radius 2 is 2.45 bits per heavy atom. The molecule has 3 nitrogen and oxygen atoms in total. The molecular formula is C8H14N2O. The summed E-state index contributed by atoms with van der Waals surface area (Å²) in [6.45, 7) is 3.33. The molecule has 1 rings (SSSR count). The van der Waals surface area contributed by atoms with Crippen molar-refractivity contribution < 1.29 is 5.11 Å². The first-order chi connectivity index (χ1) is 5.38. The summed E-state index contributed by atoms with van der Waals surface area (Å²) in [7, 11) is 0. The van der Waals surface area contributed by atoms with Gasteiger partial charge in [0.05, 0.1) is 6.33 Å². The standard InChI is InChI=1S/C8H14N2O/c1-2-4-10-7-9-6-8(10)3-5-11/h6-7,11H,2-5H2,1H3. The summed E-state index contributed by atoms with van der Waals surface area (Å²) < 4.78 is 2.08. The number of aromatic nitrogens is 2. The number of imidazole rings is 1. The maximum Gasteiger partial charge on any atom is 0.0948 e. The van der Waals surface area contributed by atoms with Gasteiger partial charge in [0, 0.05) is 31.5 Å². The zero-order valence-electron chi connectivity index (χ0n) is 6.82. The summed E-state index contributed by atoms with van der Waals surface area (Å²) in [6.07, 6.45) is 5.44. The van der Waals surface area contributed by atoms with Gasteiger partial charge < -0.3 is 9.67 Å². The summed E-state index contributed by atoms with van der Waals surface area (Å²) in [5, 5.41) is 8.69. The molecule has 11 heavy (non-hydrogen) atoms. The molecule has 0 aliphatic carbocycles. The van der Waals surface area contributed by atoms with E-state index in [-0.39, 0.29) is 6.61 Å². The number of nitrogens with zero attached hydrogens (tertiary/aromatic N) is 2. The van der Waals surface area contributed by atoms with Crippen LogP contribution in [0, 0.1) is 0 Å². The van der Waals surface area contributed by atoms with Gasteiger partial charge in [0.25, 0.3) is 0 Å². The van der Waals surface area contributed by atoms with E-state index in [0.29, 0.717) is 6.42 Å². The van der Waals surface area contributed by atoms with Crippen LogP contribution in [0.2, 0.25) is 0 Å². The average molecular weight is 154 g/mol. The molecule has 1 aromatic heterocycles. The van der Waals surface area contributed by atoms with Crippen molar-refractivity contribution in [1.29, 1.82) is 0 Å². The van der Waals surface area contributed by atoms with Crippen molar-refractivity contribution in [3.63, 3.8) is 0 Å². The van der Waals surface area contributed by atoms with Crippen LogP contribution in [0.5, 0.6) is 0 Å². The molecule has 0 amide bonds. The minimum absolute atomic E-state index is 0.204. The lowest BCUT2D eigenvalue weighted by Gasteiger charge is -2.03. The average Bonchev–Trinajstić information content (AvgIpc) is 2.39. The van der Waals surface area contributed by atoms with E-state index in [0.717, 1.165) is 18.7 Å². The monoisotopic (exact) mass is 154 g/mol. The third-order valence-corrected chi connectivity index (χ3v) is 1.63. The minimum Gasteiger partial charge on any atom is -0.396 e. The molecule has 1 N–H and O–H groups in total. The van der Waals surface area contributed by atoms with Gasteiger partial charge in [-0.25, -0.2) is 4.98 Å². The van der Waals surface area contributed by atoms with Crippen LogP contribution < -0.4 is 0 Å². The van der Waals surface area contributed by atoms with E-state index in [9.17, 15) is 0 Å². The molecule has 0 unspecified atom stereocenters. The van der Waals surface area contributed by atoms with Gasteiger partial charge in [-0.15, -0.1) is 0 Å². The number of aliphatic hydroxyl groups is 1. The van der Waals surface area contributed by atoms with Crippen molar-refractivity contribution in [2.45, 2.75) is 26.3 Å². The quantitative estimate of drug-likeness (QED) is 0.697. The fourth-order valence-electron chi connectivity index (χ4n) is 1.11. The Morgan fingerprint density at radius 1 is 1.64 bits per heavy atom. The van der Waals surface area contributed by atoms with E-state index < -0.39 is 0 Å². The Bertz CT molecular complexity index is 187. The highest BCUT2D eigenvalue weighted by molar-refractivity contribution is 4.98. The smallest absolute Gasteiger partial charge is 0.0948 e. The summed E-state index contributed by atoms with van der Waals surface area (Å²) in [6, 6.07) is 0. The Balaban J connectivity index is 2.62. The molecule has 0 aliphatic rings. The second kappa shape index (κ2) is 4.13. The zero-order chi connectivity index (χ0) is 8.10. The van der Waals surface area contributed by atoms with Crippen molar-refractivity contribution in [1.82, 2.24) is 9.55 Å². The van der Waals surface area contributed by atoms with Crippen molar-refractivity contribution in [2.75, 3.05) is 6.61 Å². The van der Waals surface area contributed by atoms with Gasteiger partial charge in [-0.1, -0.05) is 6.92 Å². The first-order valence-electron chi connectivity index (χ1n) is 3.98. The number of rotatable bonds is 4. The third-order valence-electron chi connectivity index (χ3n) is 1.63. The first-order valence-corrected chi connectivity index (χ1v) is 3.98. The number of hydrogen-bond donors (Lipinski definition) is 1. The molecule has 0 bridgehead atoms. The zero-order valence-corrected chi connectivity index (χ0v) is 6.82. The predicted octanol–water partition coefficient (Wildman–Crippen LogP) is 0.828. The molecule has 0 spiro atoms. The van der Waals surface area contributed by atoms with E-state index in [4.69, 9.17) is 5.11 Å². The van der Waals surface area contributed by atoms with Crippen molar-refractivity contribution in [2.24, 2.45) is 0 Å². The molecule has 0 fully saturated rings. The van der Waals surface area contributed by atoms with Gasteiger partial charge in [0.1, 0.15) is 0 Å². The van der Waals surface area contributed by atoms with Crippen molar-refractivity contribution in [3.8, 4) is 0 Å². The van der Waals surface area contributed by atoms with Crippen LogP contribution in [-0.4, -0.2) is 21.3 Å². The van der Waals surface area contributed by atoms with E-state index in [2.05, 4.69) is 16.5 Å². The lowest BCUT2D eigenvalue weighted by molar-refractivity contribution is 0.296. The Hall–Kier alpha value is -0.830. The SMILES string of the molecule is CCCn1cncc1CCO. The van der Waals surface area contributed by atoms with Crippen LogP contribution in [-0.2, 0) is 13.0 Å². The summed E-state index contributed by atoms with van der Waals surface area (Å²) in [5.41, 5.74) is 1.12. The Labute approximate surface area is 66.7 Å². The summed E-state index contributed by atoms with van der Waals surface area (Å²) in [5.74, 6) is 0. The van der Waals surface area contributed by atoms with Crippen molar-refractivity contribution in [3.05, 3.63) is 18.2 Å². The van der Waals surface area contributed by atoms with E-state index >= 15 is 0 Å². The second-order valence-corrected chi connectivity index (χ2v) is 2.55. The highest BCUT2D eigenvalue weighted by atomic mass is 16.3. The molecular weight excluding hydrogens is 140 g/mol. The highest BCUT2D eigenvalue weighted by Crippen LogP contribution is 2.00. The van der Waals surface area contributed by atoms with Gasteiger partial charge in [-0.05, 0) is 6.42 Å². The van der Waals surface area contributed by atoms with Gasteiger partial charge in [0.2, 0.25) is 0 Å². The highest BCUT2D eigenvalue weighted by Gasteiger charge is 1.98. The normalized spacial score (nSPS) is 10.4. The van der Waals surface area contributed by atoms with E-state index in [1.807, 2.05) is 12.5 Å². The number of aryl methyl sites for hydroxylation is 1. The van der Waals surface area contributed by atoms with Crippen LogP contribution in [0.3, 0.4) is 0 Å². The lowest BCUT2D eigenvalue weighted by atomic mass is 10.3. The number of aliphatic hydroxyl groups excluding tert-OH is 1. The predicted molar refractivity (Wildman–Crippen MR) is 43.3 cm³/mol. The maximum absolute atomic E-state index is 8.69. The molecule has 0 saturated heterocycles. The van der Waals surface area contributed by atoms with E-state index in [1.54, 1.807) is 0 Å². The second-order valence-electron chi connectivity index (χ2n) is 2.55. The lowest BCUT2D eigenvalue weighted by Crippen LogP contribution is -2.02. The van der Waals surface area contributed by atoms with Crippen LogP contribution >= 0.6 is 0 Å². The third kappa shape index (κ3) is 2.05. The van der Waals surface area contributed by atoms with Gasteiger partial charge in [-0.3, -0.25) is 0 Å². The van der Waals surface area contributed by atoms with Crippen LogP contribution in [0.15, 0.2) is 12.5 Å². The largest absolute Gasteiger partial charge is 0.396 e. The van der Waals surface area contributed by atoms with Crippen LogP contribution in [0.1, 0.15) is 19.0 Å². The molecule has 3 heteroatoms. The molecule has 0 radical (unpaired) electrons. The first kappa shape index (κ1) is 8.27. The van der Waals surface area contributed by atoms with Gasteiger partial charge >= 0.3 is 0 Å². The van der Waals surface area contributed by atoms with Crippen LogP contribution in [0.4, 0.5) is 0 Å². The molecule has 1 aromatic rings. The minimum atomic E-state index is 0.204. The molecule has 62 valence electrons. The van der Waals surface area contributed by atoms with Crippen molar-refractivity contribution >= 4 is 0 Å². The topological polar surface area (TPSA) is 38.0 Å². The Morgan fingerprint density at radius 3 is 3.09 bits per heavy atom. The fraction of sp³-hybridized carbons (Fsp3) is 0.625. The molecule has 0 atom stereocenters. The molecule has 1 heterocycles. The van der Waals surface area contributed by atoms with Gasteiger partial charge in [-0.2, -0.15) is 0 Å². The Kier molecular flexibility index (Phi) is 3.11. The summed E-state index contributed by atoms with van der Waals surface area (Å²) in [4.78, 5) is 4.01. The molecule has 0 saturated carbocycles. The van der Waals surface area contributed by atoms with E-state index in [1.165, 1.54) is 0 Å². The molecule has 0 aromatic carbocycles. The number of hydrogen-bond acceptors (Lipinski definition) is 2. The van der Waals surface area contributed by atoms with Gasteiger partial charge in [0.15, 0.2) is 0 Å². The molecule has 0 aliphatic heterocycles. The van der Waals surface area contributed by atoms with Crippen LogP contribution in [0.25, 0.3) is 0 Å². The fourth-order valence-corrected chi connectivity index (χ4v) is 1.11. The summed E-state index contributed by atoms with van der Waals surface area (Å²) >= 11 is 0.